The fourth-order valence-electron chi connectivity index (χ4n) is 7.23. The van der Waals surface area contributed by atoms with Gasteiger partial charge < -0.3 is 10.6 Å². The van der Waals surface area contributed by atoms with Crippen LogP contribution in [-0.4, -0.2) is 29.2 Å². The van der Waals surface area contributed by atoms with E-state index in [2.05, 4.69) is 16.0 Å². The van der Waals surface area contributed by atoms with Gasteiger partial charge in [-0.2, -0.15) is 0 Å². The first kappa shape index (κ1) is 26.9. The van der Waals surface area contributed by atoms with Crippen LogP contribution >= 0.6 is 23.2 Å². The maximum atomic E-state index is 15.9. The predicted octanol–water partition coefficient (Wildman–Crippen LogP) is 6.62. The number of carbonyl (C=O) groups excluding carboxylic acids is 3. The molecule has 6 rings (SSSR count). The summed E-state index contributed by atoms with van der Waals surface area (Å²) in [6.07, 6.45) is 3.99. The number of Topliss-reactive ketones (excluding diaryl/α,β-unsaturated/α-hetero) is 1. The van der Waals surface area contributed by atoms with Gasteiger partial charge >= 0.3 is 0 Å². The molecular formula is C31H28Cl2FN3O3. The van der Waals surface area contributed by atoms with Crippen molar-refractivity contribution in [1.82, 2.24) is 5.32 Å². The second-order valence-electron chi connectivity index (χ2n) is 11.0. The number of fused-ring (bicyclic) bond motifs is 3. The molecule has 1 saturated heterocycles. The zero-order chi connectivity index (χ0) is 28.2. The van der Waals surface area contributed by atoms with Crippen molar-refractivity contribution < 1.29 is 18.8 Å². The van der Waals surface area contributed by atoms with E-state index in [1.165, 1.54) is 13.0 Å². The van der Waals surface area contributed by atoms with E-state index in [1.807, 2.05) is 6.07 Å². The highest BCUT2D eigenvalue weighted by molar-refractivity contribution is 6.31. The molecule has 6 nitrogen and oxygen atoms in total. The molecule has 0 aromatic heterocycles. The van der Waals surface area contributed by atoms with E-state index in [0.29, 0.717) is 40.4 Å². The van der Waals surface area contributed by atoms with Gasteiger partial charge in [0.15, 0.2) is 5.78 Å². The first-order chi connectivity index (χ1) is 19.2. The molecule has 40 heavy (non-hydrogen) atoms. The molecule has 2 spiro atoms. The van der Waals surface area contributed by atoms with Gasteiger partial charge in [-0.15, -0.1) is 0 Å². The van der Waals surface area contributed by atoms with Crippen molar-refractivity contribution in [3.63, 3.8) is 0 Å². The summed E-state index contributed by atoms with van der Waals surface area (Å²) < 4.78 is 15.9. The maximum Gasteiger partial charge on any atom is 0.242 e. The molecule has 9 heteroatoms. The Kier molecular flexibility index (Phi) is 6.72. The van der Waals surface area contributed by atoms with Crippen LogP contribution in [0.2, 0.25) is 10.0 Å². The van der Waals surface area contributed by atoms with Crippen molar-refractivity contribution in [3.8, 4) is 0 Å². The fraction of sp³-hybridized carbons (Fsp3) is 0.323. The van der Waals surface area contributed by atoms with Crippen LogP contribution in [0.25, 0.3) is 0 Å². The molecule has 3 atom stereocenters. The third kappa shape index (κ3) is 3.98. The number of rotatable bonds is 4. The highest BCUT2D eigenvalue weighted by atomic mass is 35.5. The van der Waals surface area contributed by atoms with Crippen LogP contribution in [0, 0.1) is 5.82 Å². The van der Waals surface area contributed by atoms with Crippen molar-refractivity contribution >= 4 is 52.2 Å². The Morgan fingerprint density at radius 1 is 1.00 bits per heavy atom. The van der Waals surface area contributed by atoms with Crippen LogP contribution in [0.1, 0.15) is 66.4 Å². The summed E-state index contributed by atoms with van der Waals surface area (Å²) in [6, 6.07) is 15.6. The zero-order valence-electron chi connectivity index (χ0n) is 21.8. The molecule has 3 aromatic rings. The van der Waals surface area contributed by atoms with Crippen LogP contribution in [0.3, 0.4) is 0 Å². The normalized spacial score (nSPS) is 24.6. The fourth-order valence-corrected chi connectivity index (χ4v) is 7.58. The van der Waals surface area contributed by atoms with Gasteiger partial charge in [-0.3, -0.25) is 19.7 Å². The smallest absolute Gasteiger partial charge is 0.242 e. The lowest BCUT2D eigenvalue weighted by Crippen LogP contribution is -2.60. The predicted molar refractivity (Wildman–Crippen MR) is 154 cm³/mol. The lowest BCUT2D eigenvalue weighted by Gasteiger charge is -2.47. The number of hydrogen-bond acceptors (Lipinski definition) is 4. The summed E-state index contributed by atoms with van der Waals surface area (Å²) in [5, 5.41) is 9.95. The number of hydrogen-bond donors (Lipinski definition) is 3. The van der Waals surface area contributed by atoms with Gasteiger partial charge in [-0.05, 0) is 73.4 Å². The molecule has 1 saturated carbocycles. The van der Waals surface area contributed by atoms with E-state index in [4.69, 9.17) is 23.2 Å². The van der Waals surface area contributed by atoms with Crippen LogP contribution in [0.4, 0.5) is 15.8 Å². The van der Waals surface area contributed by atoms with E-state index in [9.17, 15) is 14.4 Å². The largest absolute Gasteiger partial charge is 0.325 e. The monoisotopic (exact) mass is 579 g/mol. The van der Waals surface area contributed by atoms with Crippen molar-refractivity contribution in [2.75, 3.05) is 10.6 Å². The average Bonchev–Trinajstić information content (AvgIpc) is 3.38. The zero-order valence-corrected chi connectivity index (χ0v) is 23.3. The molecule has 3 aromatic carbocycles. The quantitative estimate of drug-likeness (QED) is 0.303. The molecule has 206 valence electrons. The summed E-state index contributed by atoms with van der Waals surface area (Å²) in [5.41, 5.74) is 0.373. The summed E-state index contributed by atoms with van der Waals surface area (Å²) in [6.45, 7) is 1.47. The summed E-state index contributed by atoms with van der Waals surface area (Å²) in [4.78, 5) is 40.2. The lowest BCUT2D eigenvalue weighted by atomic mass is 9.55. The second-order valence-corrected chi connectivity index (χ2v) is 11.8. The van der Waals surface area contributed by atoms with E-state index < -0.39 is 34.6 Å². The number of benzene rings is 3. The Hall–Kier alpha value is -3.26. The SMILES string of the molecule is CC(=O)c1ccc(NC(=O)[C@@H]2NC3(CCCCC3)[C@]3(C(=O)Nc4cc(Cl)ccc43)[C@H]2c2cccc(Cl)c2F)cc1. The minimum atomic E-state index is -1.29. The van der Waals surface area contributed by atoms with Crippen LogP contribution in [0.15, 0.2) is 60.7 Å². The van der Waals surface area contributed by atoms with E-state index >= 15 is 4.39 Å². The summed E-state index contributed by atoms with van der Waals surface area (Å²) in [7, 11) is 0. The van der Waals surface area contributed by atoms with Crippen molar-refractivity contribution in [1.29, 1.82) is 0 Å². The van der Waals surface area contributed by atoms with Crippen molar-refractivity contribution in [3.05, 3.63) is 93.2 Å². The van der Waals surface area contributed by atoms with Gasteiger partial charge in [0.05, 0.1) is 11.1 Å². The van der Waals surface area contributed by atoms with Gasteiger partial charge in [-0.1, -0.05) is 60.7 Å². The molecule has 2 fully saturated rings. The summed E-state index contributed by atoms with van der Waals surface area (Å²) in [5.74, 6) is -2.34. The van der Waals surface area contributed by atoms with Gasteiger partial charge in [0, 0.05) is 33.4 Å². The Balaban J connectivity index is 1.54. The molecule has 1 aliphatic carbocycles. The van der Waals surface area contributed by atoms with E-state index in [1.54, 1.807) is 48.5 Å². The maximum absolute atomic E-state index is 15.9. The molecule has 3 N–H and O–H groups in total. The molecule has 0 radical (unpaired) electrons. The molecule has 0 unspecified atom stereocenters. The highest BCUT2D eigenvalue weighted by Crippen LogP contribution is 2.62. The Bertz CT molecular complexity index is 1540. The minimum absolute atomic E-state index is 0.0778. The first-order valence-corrected chi connectivity index (χ1v) is 14.2. The van der Waals surface area contributed by atoms with Crippen LogP contribution in [-0.2, 0) is 15.0 Å². The lowest BCUT2D eigenvalue weighted by molar-refractivity contribution is -0.124. The van der Waals surface area contributed by atoms with E-state index in [-0.39, 0.29) is 22.3 Å². The van der Waals surface area contributed by atoms with Gasteiger partial charge in [-0.25, -0.2) is 4.39 Å². The van der Waals surface area contributed by atoms with Crippen LogP contribution < -0.4 is 16.0 Å². The molecule has 0 bridgehead atoms. The molecular weight excluding hydrogens is 552 g/mol. The number of anilines is 2. The first-order valence-electron chi connectivity index (χ1n) is 13.4. The molecule has 2 heterocycles. The molecule has 3 aliphatic rings. The van der Waals surface area contributed by atoms with Crippen LogP contribution in [0.5, 0.6) is 0 Å². The number of ketones is 1. The second kappa shape index (κ2) is 9.98. The number of nitrogens with one attached hydrogen (secondary N) is 3. The average molecular weight is 580 g/mol. The molecule has 2 amide bonds. The number of carbonyl (C=O) groups is 3. The van der Waals surface area contributed by atoms with Gasteiger partial charge in [0.2, 0.25) is 11.8 Å². The number of halogens is 3. The van der Waals surface area contributed by atoms with E-state index in [0.717, 1.165) is 19.3 Å². The third-order valence-corrected chi connectivity index (χ3v) is 9.39. The van der Waals surface area contributed by atoms with Gasteiger partial charge in [0.1, 0.15) is 11.2 Å². The minimum Gasteiger partial charge on any atom is -0.325 e. The Labute approximate surface area is 241 Å². The van der Waals surface area contributed by atoms with Crippen molar-refractivity contribution in [2.24, 2.45) is 0 Å². The standard InChI is InChI=1S/C31H28Cl2FN3O3/c1-17(38)18-8-11-20(12-9-18)35-28(39)27-25(21-6-5-7-23(33)26(21)34)31(30(37-27)14-3-2-4-15-30)22-13-10-19(32)16-24(22)36-29(31)40/h5-13,16,25,27,37H,2-4,14-15H2,1H3,(H,35,39)(H,36,40)/t25-,27+,31-/m0/s1. The molecule has 2 aliphatic heterocycles. The van der Waals surface area contributed by atoms with Crippen molar-refractivity contribution in [2.45, 2.75) is 61.9 Å². The third-order valence-electron chi connectivity index (χ3n) is 8.86. The Morgan fingerprint density at radius 3 is 2.42 bits per heavy atom. The highest BCUT2D eigenvalue weighted by Gasteiger charge is 2.72. The number of amides is 2. The Morgan fingerprint density at radius 2 is 1.73 bits per heavy atom. The summed E-state index contributed by atoms with van der Waals surface area (Å²) >= 11 is 12.6. The topological polar surface area (TPSA) is 87.3 Å². The van der Waals surface area contributed by atoms with Gasteiger partial charge in [0.25, 0.3) is 0 Å².